The average Bonchev–Trinajstić information content (AvgIpc) is 2.07. The van der Waals surface area contributed by atoms with Crippen molar-refractivity contribution in [2.45, 2.75) is 13.5 Å². The molecule has 0 heterocycles. The van der Waals surface area contributed by atoms with E-state index in [1.165, 1.54) is 5.56 Å². The topological polar surface area (TPSA) is 61.9 Å². The fourth-order valence-corrected chi connectivity index (χ4v) is 1.26. The van der Waals surface area contributed by atoms with Crippen molar-refractivity contribution < 1.29 is 0 Å². The third-order valence-corrected chi connectivity index (χ3v) is 2.60. The van der Waals surface area contributed by atoms with E-state index in [1.807, 2.05) is 19.1 Å². The van der Waals surface area contributed by atoms with E-state index in [9.17, 15) is 0 Å². The molecule has 1 aromatic carbocycles. The maximum atomic E-state index is 7.00. The molecule has 0 atom stereocenters. The van der Waals surface area contributed by atoms with Crippen LogP contribution in [0.25, 0.3) is 0 Å². The fraction of sp³-hybridized carbons (Fsp3) is 0.222. The molecule has 1 rings (SSSR count). The van der Waals surface area contributed by atoms with Gasteiger partial charge in [0.25, 0.3) is 0 Å². The summed E-state index contributed by atoms with van der Waals surface area (Å²) in [6.45, 7) is 2.63. The largest absolute Gasteiger partial charge is 0.370 e. The van der Waals surface area contributed by atoms with Crippen LogP contribution in [0.4, 0.5) is 0 Å². The van der Waals surface area contributed by atoms with E-state index in [1.54, 1.807) is 0 Å². The van der Waals surface area contributed by atoms with Crippen molar-refractivity contribution >= 4 is 21.9 Å². The highest BCUT2D eigenvalue weighted by Gasteiger charge is 1.97. The number of nitrogens with two attached hydrogens (primary N) is 1. The third-order valence-electron chi connectivity index (χ3n) is 1.71. The number of rotatable bonds is 2. The lowest BCUT2D eigenvalue weighted by Gasteiger charge is -2.05. The maximum Gasteiger partial charge on any atom is 0.185 e. The smallest absolute Gasteiger partial charge is 0.185 e. The number of hydrogen-bond donors (Lipinski definition) is 3. The lowest BCUT2D eigenvalue weighted by atomic mass is 10.1. The Morgan fingerprint density at radius 1 is 1.62 bits per heavy atom. The van der Waals surface area contributed by atoms with Crippen LogP contribution in [0.3, 0.4) is 0 Å². The minimum absolute atomic E-state index is 0.000529. The highest BCUT2D eigenvalue weighted by atomic mass is 79.9. The van der Waals surface area contributed by atoms with Gasteiger partial charge in [-0.15, -0.1) is 0 Å². The van der Waals surface area contributed by atoms with Crippen molar-refractivity contribution in [2.75, 3.05) is 0 Å². The Morgan fingerprint density at radius 3 is 2.85 bits per heavy atom. The van der Waals surface area contributed by atoms with E-state index in [0.29, 0.717) is 6.54 Å². The lowest BCUT2D eigenvalue weighted by Crippen LogP contribution is -2.29. The van der Waals surface area contributed by atoms with Gasteiger partial charge in [-0.05, 0) is 24.1 Å². The molecule has 1 aromatic rings. The first-order valence-corrected chi connectivity index (χ1v) is 4.72. The third kappa shape index (κ3) is 3.06. The summed E-state index contributed by atoms with van der Waals surface area (Å²) in [5, 5.41) is 9.75. The first-order chi connectivity index (χ1) is 6.09. The monoisotopic (exact) mass is 241 g/mol. The molecule has 0 saturated carbocycles. The lowest BCUT2D eigenvalue weighted by molar-refractivity contribution is 0.895. The summed E-state index contributed by atoms with van der Waals surface area (Å²) in [7, 11) is 0. The van der Waals surface area contributed by atoms with Crippen molar-refractivity contribution in [3.8, 4) is 0 Å². The molecule has 0 aliphatic rings. The zero-order chi connectivity index (χ0) is 9.84. The van der Waals surface area contributed by atoms with Gasteiger partial charge in [0.05, 0.1) is 0 Å². The molecular formula is C9H12BrN3. The van der Waals surface area contributed by atoms with Gasteiger partial charge in [-0.3, -0.25) is 5.41 Å². The Balaban J connectivity index is 2.68. The number of guanidine groups is 1. The molecule has 0 unspecified atom stereocenters. The molecule has 4 heteroatoms. The second-order valence-electron chi connectivity index (χ2n) is 2.85. The second kappa shape index (κ2) is 4.28. The van der Waals surface area contributed by atoms with Crippen LogP contribution in [0.2, 0.25) is 0 Å². The molecule has 0 aliphatic heterocycles. The molecular weight excluding hydrogens is 230 g/mol. The van der Waals surface area contributed by atoms with Gasteiger partial charge in [0.1, 0.15) is 0 Å². The molecule has 0 spiro atoms. The zero-order valence-electron chi connectivity index (χ0n) is 7.39. The number of hydrogen-bond acceptors (Lipinski definition) is 1. The summed E-state index contributed by atoms with van der Waals surface area (Å²) in [4.78, 5) is 0. The van der Waals surface area contributed by atoms with Crippen molar-refractivity contribution in [3.05, 3.63) is 33.8 Å². The van der Waals surface area contributed by atoms with Crippen LogP contribution in [0, 0.1) is 12.3 Å². The molecule has 3 nitrogen and oxygen atoms in total. The highest BCUT2D eigenvalue weighted by Crippen LogP contribution is 2.16. The van der Waals surface area contributed by atoms with E-state index in [2.05, 4.69) is 27.3 Å². The number of benzene rings is 1. The first kappa shape index (κ1) is 10.1. The Kier molecular flexibility index (Phi) is 3.31. The van der Waals surface area contributed by atoms with Crippen molar-refractivity contribution in [1.82, 2.24) is 5.32 Å². The van der Waals surface area contributed by atoms with E-state index in [4.69, 9.17) is 11.1 Å². The van der Waals surface area contributed by atoms with Gasteiger partial charge in [-0.25, -0.2) is 0 Å². The summed E-state index contributed by atoms with van der Waals surface area (Å²) in [5.41, 5.74) is 7.48. The Labute approximate surface area is 86.0 Å². The van der Waals surface area contributed by atoms with Gasteiger partial charge in [0.15, 0.2) is 5.96 Å². The predicted octanol–water partition coefficient (Wildman–Crippen LogP) is 1.74. The minimum Gasteiger partial charge on any atom is -0.370 e. The molecule has 0 saturated heterocycles. The summed E-state index contributed by atoms with van der Waals surface area (Å²) < 4.78 is 1.10. The molecule has 0 amide bonds. The van der Waals surface area contributed by atoms with Crippen molar-refractivity contribution in [2.24, 2.45) is 5.73 Å². The van der Waals surface area contributed by atoms with E-state index >= 15 is 0 Å². The average molecular weight is 242 g/mol. The van der Waals surface area contributed by atoms with Gasteiger partial charge in [-0.1, -0.05) is 28.1 Å². The summed E-state index contributed by atoms with van der Waals surface area (Å²) >= 11 is 3.42. The number of aryl methyl sites for hydroxylation is 1. The van der Waals surface area contributed by atoms with Crippen LogP contribution in [0.15, 0.2) is 22.7 Å². The van der Waals surface area contributed by atoms with Gasteiger partial charge in [0, 0.05) is 11.0 Å². The fourth-order valence-electron chi connectivity index (χ4n) is 1.01. The van der Waals surface area contributed by atoms with Crippen LogP contribution in [0.1, 0.15) is 11.1 Å². The molecule has 0 aliphatic carbocycles. The normalized spacial score (nSPS) is 9.69. The Hall–Kier alpha value is -1.03. The SMILES string of the molecule is Cc1cc(CNC(=N)N)ccc1Br. The van der Waals surface area contributed by atoms with Crippen LogP contribution >= 0.6 is 15.9 Å². The van der Waals surface area contributed by atoms with Crippen LogP contribution < -0.4 is 11.1 Å². The van der Waals surface area contributed by atoms with Gasteiger partial charge in [0.2, 0.25) is 0 Å². The molecule has 70 valence electrons. The van der Waals surface area contributed by atoms with Crippen LogP contribution in [0.5, 0.6) is 0 Å². The van der Waals surface area contributed by atoms with Gasteiger partial charge < -0.3 is 11.1 Å². The predicted molar refractivity (Wildman–Crippen MR) is 57.6 cm³/mol. The van der Waals surface area contributed by atoms with Crippen molar-refractivity contribution in [1.29, 1.82) is 5.41 Å². The maximum absolute atomic E-state index is 7.00. The number of halogens is 1. The second-order valence-corrected chi connectivity index (χ2v) is 3.71. The number of nitrogens with one attached hydrogen (secondary N) is 2. The molecule has 0 bridgehead atoms. The van der Waals surface area contributed by atoms with E-state index < -0.39 is 0 Å². The van der Waals surface area contributed by atoms with E-state index in [-0.39, 0.29) is 5.96 Å². The summed E-state index contributed by atoms with van der Waals surface area (Å²) in [6, 6.07) is 6.04. The van der Waals surface area contributed by atoms with Crippen LogP contribution in [-0.2, 0) is 6.54 Å². The Morgan fingerprint density at radius 2 is 2.31 bits per heavy atom. The Bertz CT molecular complexity index is 323. The van der Waals surface area contributed by atoms with E-state index in [0.717, 1.165) is 10.0 Å². The standard InChI is InChI=1S/C9H12BrN3/c1-6-4-7(2-3-8(6)10)5-13-9(11)12/h2-4H,5H2,1H3,(H4,11,12,13). The minimum atomic E-state index is 0.000529. The molecule has 4 N–H and O–H groups in total. The molecule has 0 fully saturated rings. The first-order valence-electron chi connectivity index (χ1n) is 3.92. The zero-order valence-corrected chi connectivity index (χ0v) is 8.98. The molecule has 0 aromatic heterocycles. The summed E-state index contributed by atoms with van der Waals surface area (Å²) in [6.07, 6.45) is 0. The summed E-state index contributed by atoms with van der Waals surface area (Å²) in [5.74, 6) is 0.000529. The molecule has 0 radical (unpaired) electrons. The van der Waals surface area contributed by atoms with Crippen molar-refractivity contribution in [3.63, 3.8) is 0 Å². The highest BCUT2D eigenvalue weighted by molar-refractivity contribution is 9.10. The van der Waals surface area contributed by atoms with Crippen LogP contribution in [-0.4, -0.2) is 5.96 Å². The van der Waals surface area contributed by atoms with Gasteiger partial charge in [-0.2, -0.15) is 0 Å². The molecule has 13 heavy (non-hydrogen) atoms. The quantitative estimate of drug-likeness (QED) is 0.546. The van der Waals surface area contributed by atoms with Gasteiger partial charge >= 0.3 is 0 Å².